The van der Waals surface area contributed by atoms with Crippen molar-refractivity contribution in [2.45, 2.75) is 24.9 Å². The van der Waals surface area contributed by atoms with Crippen LogP contribution in [0.5, 0.6) is 0 Å². The summed E-state index contributed by atoms with van der Waals surface area (Å²) in [7, 11) is 0. The van der Waals surface area contributed by atoms with E-state index in [1.54, 1.807) is 4.90 Å². The number of amides is 1. The molecule has 4 nitrogen and oxygen atoms in total. The van der Waals surface area contributed by atoms with E-state index in [0.29, 0.717) is 17.8 Å². The van der Waals surface area contributed by atoms with Crippen LogP contribution < -0.4 is 0 Å². The van der Waals surface area contributed by atoms with Crippen LogP contribution >= 0.6 is 0 Å². The highest BCUT2D eigenvalue weighted by molar-refractivity contribution is 5.78. The number of likely N-dealkylation sites (tertiary alicyclic amines) is 1. The molecule has 1 unspecified atom stereocenters. The Hall–Kier alpha value is -2.83. The molecule has 27 heavy (non-hydrogen) atoms. The van der Waals surface area contributed by atoms with E-state index in [1.165, 1.54) is 12.1 Å². The van der Waals surface area contributed by atoms with E-state index in [1.807, 2.05) is 28.8 Å². The monoisotopic (exact) mass is 373 g/mol. The molecule has 0 radical (unpaired) electrons. The zero-order valence-corrected chi connectivity index (χ0v) is 14.5. The number of benzene rings is 1. The molecule has 1 fully saturated rings. The van der Waals surface area contributed by atoms with Crippen LogP contribution in [-0.2, 0) is 11.0 Å². The number of rotatable bonds is 3. The zero-order chi connectivity index (χ0) is 19.0. The molecule has 2 aromatic heterocycles. The summed E-state index contributed by atoms with van der Waals surface area (Å²) in [5.74, 6) is 0.939. The number of fused-ring (bicyclic) bond motifs is 1. The lowest BCUT2D eigenvalue weighted by atomic mass is 9.97. The molecule has 7 heteroatoms. The van der Waals surface area contributed by atoms with Gasteiger partial charge in [0.2, 0.25) is 6.41 Å². The summed E-state index contributed by atoms with van der Waals surface area (Å²) in [5.41, 5.74) is 1.46. The van der Waals surface area contributed by atoms with E-state index in [0.717, 1.165) is 49.3 Å². The summed E-state index contributed by atoms with van der Waals surface area (Å²) in [5, 5.41) is 0. The molecule has 140 valence electrons. The molecule has 1 aliphatic heterocycles. The Morgan fingerprint density at radius 2 is 1.89 bits per heavy atom. The van der Waals surface area contributed by atoms with Crippen LogP contribution in [-0.4, -0.2) is 33.8 Å². The minimum absolute atomic E-state index is 0.0991. The van der Waals surface area contributed by atoms with Crippen LogP contribution in [0, 0.1) is 0 Å². The summed E-state index contributed by atoms with van der Waals surface area (Å²) in [6.45, 7) is 1.35. The van der Waals surface area contributed by atoms with Crippen molar-refractivity contribution in [1.82, 2.24) is 14.3 Å². The Balaban J connectivity index is 1.77. The van der Waals surface area contributed by atoms with E-state index in [-0.39, 0.29) is 5.92 Å². The molecule has 4 rings (SSSR count). The molecular formula is C20H18F3N3O. The topological polar surface area (TPSA) is 37.6 Å². The first-order chi connectivity index (χ1) is 13.0. The maximum absolute atomic E-state index is 12.8. The summed E-state index contributed by atoms with van der Waals surface area (Å²) in [6, 6.07) is 10.8. The second kappa shape index (κ2) is 6.72. The summed E-state index contributed by atoms with van der Waals surface area (Å²) >= 11 is 0. The van der Waals surface area contributed by atoms with Crippen molar-refractivity contribution in [2.75, 3.05) is 13.1 Å². The van der Waals surface area contributed by atoms with Crippen molar-refractivity contribution < 1.29 is 18.0 Å². The lowest BCUT2D eigenvalue weighted by molar-refractivity contribution is -0.137. The molecule has 1 aliphatic rings. The molecule has 0 aliphatic carbocycles. The van der Waals surface area contributed by atoms with Gasteiger partial charge < -0.3 is 9.30 Å². The van der Waals surface area contributed by atoms with Crippen LogP contribution in [0.15, 0.2) is 48.7 Å². The van der Waals surface area contributed by atoms with E-state index in [2.05, 4.69) is 0 Å². The maximum Gasteiger partial charge on any atom is 0.416 e. The molecule has 1 atom stereocenters. The smallest absolute Gasteiger partial charge is 0.345 e. The fourth-order valence-corrected chi connectivity index (χ4v) is 3.69. The molecule has 1 saturated heterocycles. The van der Waals surface area contributed by atoms with Gasteiger partial charge in [-0.3, -0.25) is 4.79 Å². The third-order valence-electron chi connectivity index (χ3n) is 5.03. The molecule has 3 heterocycles. The second-order valence-corrected chi connectivity index (χ2v) is 6.79. The fourth-order valence-electron chi connectivity index (χ4n) is 3.69. The molecular weight excluding hydrogens is 355 g/mol. The Labute approximate surface area is 154 Å². The molecule has 3 aromatic rings. The first-order valence-corrected chi connectivity index (χ1v) is 8.81. The predicted molar refractivity (Wildman–Crippen MR) is 95.2 cm³/mol. The van der Waals surface area contributed by atoms with Gasteiger partial charge in [0.1, 0.15) is 5.82 Å². The highest BCUT2D eigenvalue weighted by atomic mass is 19.4. The molecule has 0 N–H and O–H groups in total. The lowest BCUT2D eigenvalue weighted by Gasteiger charge is -2.29. The van der Waals surface area contributed by atoms with Crippen molar-refractivity contribution in [3.8, 4) is 11.3 Å². The van der Waals surface area contributed by atoms with Crippen molar-refractivity contribution >= 4 is 11.9 Å². The zero-order valence-electron chi connectivity index (χ0n) is 14.5. The highest BCUT2D eigenvalue weighted by Crippen LogP contribution is 2.34. The summed E-state index contributed by atoms with van der Waals surface area (Å²) in [6.07, 6.45) is 0.232. The number of alkyl halides is 3. The van der Waals surface area contributed by atoms with Gasteiger partial charge in [-0.2, -0.15) is 13.2 Å². The number of nitrogens with zero attached hydrogens (tertiary/aromatic N) is 3. The van der Waals surface area contributed by atoms with Crippen molar-refractivity contribution in [3.63, 3.8) is 0 Å². The Morgan fingerprint density at radius 1 is 1.11 bits per heavy atom. The second-order valence-electron chi connectivity index (χ2n) is 6.79. The molecule has 1 aromatic carbocycles. The average Bonchev–Trinajstić information content (AvgIpc) is 3.07. The first kappa shape index (κ1) is 17.6. The number of carbonyl (C=O) groups excluding carboxylic acids is 1. The largest absolute Gasteiger partial charge is 0.416 e. The van der Waals surface area contributed by atoms with Crippen molar-refractivity contribution in [1.29, 1.82) is 0 Å². The minimum Gasteiger partial charge on any atom is -0.345 e. The predicted octanol–water partition coefficient (Wildman–Crippen LogP) is 4.36. The number of pyridine rings is 1. The average molecular weight is 373 g/mol. The van der Waals surface area contributed by atoms with E-state index in [9.17, 15) is 18.0 Å². The van der Waals surface area contributed by atoms with Gasteiger partial charge >= 0.3 is 6.18 Å². The van der Waals surface area contributed by atoms with Gasteiger partial charge in [0.15, 0.2) is 0 Å². The minimum atomic E-state index is -4.36. The standard InChI is InChI=1S/C20H18F3N3O/c21-20(22,23)16-8-6-14(7-9-16)18-17-5-1-2-11-26(17)19(24-18)15-4-3-10-25(12-15)13-27/h1-2,5-9,11,13,15H,3-4,10,12H2. The molecule has 0 bridgehead atoms. The number of hydrogen-bond donors (Lipinski definition) is 0. The third-order valence-corrected chi connectivity index (χ3v) is 5.03. The van der Waals surface area contributed by atoms with Gasteiger partial charge in [-0.15, -0.1) is 0 Å². The van der Waals surface area contributed by atoms with Gasteiger partial charge in [0.05, 0.1) is 16.8 Å². The Kier molecular flexibility index (Phi) is 4.37. The van der Waals surface area contributed by atoms with Gasteiger partial charge in [-0.25, -0.2) is 4.98 Å². The van der Waals surface area contributed by atoms with E-state index in [4.69, 9.17) is 4.98 Å². The van der Waals surface area contributed by atoms with Crippen molar-refractivity contribution in [2.24, 2.45) is 0 Å². The van der Waals surface area contributed by atoms with Gasteiger partial charge in [0, 0.05) is 30.8 Å². The number of carbonyl (C=O) groups is 1. The summed E-state index contributed by atoms with van der Waals surface area (Å²) < 4.78 is 40.5. The van der Waals surface area contributed by atoms with E-state index < -0.39 is 11.7 Å². The quantitative estimate of drug-likeness (QED) is 0.640. The number of halogens is 3. The van der Waals surface area contributed by atoms with Gasteiger partial charge in [0.25, 0.3) is 0 Å². The number of imidazole rings is 1. The third kappa shape index (κ3) is 3.29. The summed E-state index contributed by atoms with van der Waals surface area (Å²) in [4.78, 5) is 17.7. The molecule has 1 amide bonds. The van der Waals surface area contributed by atoms with Crippen LogP contribution in [0.1, 0.15) is 30.1 Å². The Bertz CT molecular complexity index is 963. The normalized spacial score (nSPS) is 18.0. The molecule has 0 saturated carbocycles. The molecule has 0 spiro atoms. The number of hydrogen-bond acceptors (Lipinski definition) is 2. The van der Waals surface area contributed by atoms with Crippen LogP contribution in [0.2, 0.25) is 0 Å². The SMILES string of the molecule is O=CN1CCCC(c2nc(-c3ccc(C(F)(F)F)cc3)c3ccccn23)C1. The van der Waals surface area contributed by atoms with Crippen molar-refractivity contribution in [3.05, 3.63) is 60.0 Å². The van der Waals surface area contributed by atoms with Gasteiger partial charge in [-0.1, -0.05) is 18.2 Å². The Morgan fingerprint density at radius 3 is 2.59 bits per heavy atom. The van der Waals surface area contributed by atoms with Crippen LogP contribution in [0.25, 0.3) is 16.8 Å². The number of aromatic nitrogens is 2. The van der Waals surface area contributed by atoms with Gasteiger partial charge in [-0.05, 0) is 37.1 Å². The highest BCUT2D eigenvalue weighted by Gasteiger charge is 2.30. The van der Waals surface area contributed by atoms with Crippen LogP contribution in [0.3, 0.4) is 0 Å². The lowest BCUT2D eigenvalue weighted by Crippen LogP contribution is -2.33. The fraction of sp³-hybridized carbons (Fsp3) is 0.300. The van der Waals surface area contributed by atoms with Crippen LogP contribution in [0.4, 0.5) is 13.2 Å². The maximum atomic E-state index is 12.8. The van der Waals surface area contributed by atoms with E-state index >= 15 is 0 Å². The first-order valence-electron chi connectivity index (χ1n) is 8.81. The number of piperidine rings is 1.